The third kappa shape index (κ3) is 4.93. The van der Waals surface area contributed by atoms with Gasteiger partial charge in [-0.25, -0.2) is 0 Å². The number of benzene rings is 3. The van der Waals surface area contributed by atoms with Gasteiger partial charge in [-0.1, -0.05) is 65.6 Å². The van der Waals surface area contributed by atoms with E-state index < -0.39 is 0 Å². The lowest BCUT2D eigenvalue weighted by Crippen LogP contribution is -1.93. The fourth-order valence-corrected chi connectivity index (χ4v) is 2.49. The molecule has 0 aromatic heterocycles. The van der Waals surface area contributed by atoms with E-state index in [1.54, 1.807) is 7.11 Å². The highest BCUT2D eigenvalue weighted by Crippen LogP contribution is 2.18. The number of hydrogen-bond acceptors (Lipinski definition) is 1. The van der Waals surface area contributed by atoms with Crippen molar-refractivity contribution in [1.29, 1.82) is 0 Å². The summed E-state index contributed by atoms with van der Waals surface area (Å²) in [6.07, 6.45) is 0. The summed E-state index contributed by atoms with van der Waals surface area (Å²) in [6.45, 7) is 0. The van der Waals surface area contributed by atoms with Crippen LogP contribution in [0.15, 0.2) is 78.9 Å². The van der Waals surface area contributed by atoms with Gasteiger partial charge >= 0.3 is 0 Å². The van der Waals surface area contributed by atoms with Gasteiger partial charge in [0.2, 0.25) is 0 Å². The zero-order valence-electron chi connectivity index (χ0n) is 14.4. The Morgan fingerprint density at radius 1 is 0.731 bits per heavy atom. The van der Waals surface area contributed by atoms with E-state index >= 15 is 0 Å². The van der Waals surface area contributed by atoms with Crippen LogP contribution in [0.4, 0.5) is 0 Å². The predicted molar refractivity (Wildman–Crippen MR) is 107 cm³/mol. The van der Waals surface area contributed by atoms with Gasteiger partial charge in [0.05, 0.1) is 7.11 Å². The predicted octanol–water partition coefficient (Wildman–Crippen LogP) is 5.54. The second-order valence-corrected chi connectivity index (χ2v) is 6.05. The van der Waals surface area contributed by atoms with Crippen LogP contribution in [0.3, 0.4) is 0 Å². The first-order valence-electron chi connectivity index (χ1n) is 8.22. The Bertz CT molecular complexity index is 966. The van der Waals surface area contributed by atoms with E-state index in [4.69, 9.17) is 16.3 Å². The normalized spacial score (nSPS) is 10.7. The maximum atomic E-state index is 6.01. The van der Waals surface area contributed by atoms with Crippen molar-refractivity contribution in [2.45, 2.75) is 5.92 Å². The summed E-state index contributed by atoms with van der Waals surface area (Å²) in [4.78, 5) is 0. The molecule has 1 nitrogen and oxygen atoms in total. The molecule has 0 saturated heterocycles. The second-order valence-electron chi connectivity index (χ2n) is 5.62. The molecule has 0 saturated carbocycles. The van der Waals surface area contributed by atoms with Crippen molar-refractivity contribution in [3.63, 3.8) is 0 Å². The van der Waals surface area contributed by atoms with Crippen LogP contribution in [0.5, 0.6) is 5.75 Å². The van der Waals surface area contributed by atoms with E-state index in [0.717, 1.165) is 22.4 Å². The van der Waals surface area contributed by atoms with E-state index in [1.807, 2.05) is 78.9 Å². The summed E-state index contributed by atoms with van der Waals surface area (Å²) in [6, 6.07) is 25.3. The summed E-state index contributed by atoms with van der Waals surface area (Å²) in [5, 5.41) is 0.701. The van der Waals surface area contributed by atoms with Crippen molar-refractivity contribution in [2.75, 3.05) is 7.11 Å². The lowest BCUT2D eigenvalue weighted by Gasteiger charge is -2.04. The minimum atomic E-state index is -0.199. The van der Waals surface area contributed by atoms with Gasteiger partial charge < -0.3 is 4.74 Å². The van der Waals surface area contributed by atoms with Gasteiger partial charge in [-0.3, -0.25) is 0 Å². The third-order valence-corrected chi connectivity index (χ3v) is 4.04. The second kappa shape index (κ2) is 8.82. The molecule has 2 heteroatoms. The van der Waals surface area contributed by atoms with Crippen LogP contribution in [0.25, 0.3) is 0 Å². The summed E-state index contributed by atoms with van der Waals surface area (Å²) in [5.74, 6) is 13.6. The van der Waals surface area contributed by atoms with Crippen LogP contribution in [0.1, 0.15) is 22.6 Å². The molecular weight excluding hydrogens is 340 g/mol. The maximum absolute atomic E-state index is 6.01. The first-order valence-corrected chi connectivity index (χ1v) is 8.60. The monoisotopic (exact) mass is 356 g/mol. The molecular formula is C24H17ClO. The van der Waals surface area contributed by atoms with Gasteiger partial charge in [-0.15, -0.1) is 0 Å². The lowest BCUT2D eigenvalue weighted by atomic mass is 9.99. The van der Waals surface area contributed by atoms with Gasteiger partial charge in [0.15, 0.2) is 0 Å². The van der Waals surface area contributed by atoms with Crippen molar-refractivity contribution in [3.8, 4) is 29.4 Å². The van der Waals surface area contributed by atoms with E-state index in [-0.39, 0.29) is 5.92 Å². The molecule has 0 amide bonds. The van der Waals surface area contributed by atoms with E-state index in [9.17, 15) is 0 Å². The minimum Gasteiger partial charge on any atom is -0.497 e. The molecule has 3 aromatic carbocycles. The molecule has 0 spiro atoms. The highest BCUT2D eigenvalue weighted by Gasteiger charge is 2.05. The Hall–Kier alpha value is -3.13. The average Bonchev–Trinajstić information content (AvgIpc) is 2.70. The standard InChI is InChI=1S/C24H17ClO/c1-26-24-17-9-20(10-18-24)8-12-21(22-13-15-23(25)16-14-22)11-7-19-5-3-2-4-6-19/h2-6,9-10,13-18,21H,1H3. The molecule has 0 fully saturated rings. The van der Waals surface area contributed by atoms with E-state index in [1.165, 1.54) is 0 Å². The molecule has 126 valence electrons. The molecule has 3 aromatic rings. The number of hydrogen-bond donors (Lipinski definition) is 0. The Kier molecular flexibility index (Phi) is 6.00. The van der Waals surface area contributed by atoms with Crippen molar-refractivity contribution in [2.24, 2.45) is 0 Å². The van der Waals surface area contributed by atoms with Crippen LogP contribution in [-0.2, 0) is 0 Å². The number of ether oxygens (including phenoxy) is 1. The molecule has 0 aliphatic rings. The molecule has 0 radical (unpaired) electrons. The Labute approximate surface area is 159 Å². The molecule has 0 heterocycles. The number of halogens is 1. The van der Waals surface area contributed by atoms with Crippen molar-refractivity contribution in [3.05, 3.63) is 101 Å². The zero-order chi connectivity index (χ0) is 18.2. The molecule has 0 aliphatic carbocycles. The molecule has 1 unspecified atom stereocenters. The van der Waals surface area contributed by atoms with E-state index in [0.29, 0.717) is 5.02 Å². The van der Waals surface area contributed by atoms with Crippen LogP contribution in [0.2, 0.25) is 5.02 Å². The Morgan fingerprint density at radius 3 is 1.88 bits per heavy atom. The SMILES string of the molecule is COc1ccc(C#CC(C#Cc2ccccc2)c2ccc(Cl)cc2)cc1. The molecule has 1 atom stereocenters. The van der Waals surface area contributed by atoms with Gasteiger partial charge in [-0.2, -0.15) is 0 Å². The maximum Gasteiger partial charge on any atom is 0.118 e. The van der Waals surface area contributed by atoms with Gasteiger partial charge in [0.25, 0.3) is 0 Å². The van der Waals surface area contributed by atoms with Gasteiger partial charge in [0, 0.05) is 16.1 Å². The fourth-order valence-electron chi connectivity index (χ4n) is 2.36. The highest BCUT2D eigenvalue weighted by atomic mass is 35.5. The lowest BCUT2D eigenvalue weighted by molar-refractivity contribution is 0.415. The number of methoxy groups -OCH3 is 1. The van der Waals surface area contributed by atoms with Gasteiger partial charge in [-0.05, 0) is 54.1 Å². The minimum absolute atomic E-state index is 0.199. The van der Waals surface area contributed by atoms with Crippen molar-refractivity contribution in [1.82, 2.24) is 0 Å². The summed E-state index contributed by atoms with van der Waals surface area (Å²) in [7, 11) is 1.65. The van der Waals surface area contributed by atoms with Crippen molar-refractivity contribution >= 4 is 11.6 Å². The molecule has 0 N–H and O–H groups in total. The topological polar surface area (TPSA) is 9.23 Å². The third-order valence-electron chi connectivity index (χ3n) is 3.79. The Balaban J connectivity index is 1.91. The highest BCUT2D eigenvalue weighted by molar-refractivity contribution is 6.30. The van der Waals surface area contributed by atoms with E-state index in [2.05, 4.69) is 23.7 Å². The summed E-state index contributed by atoms with van der Waals surface area (Å²) in [5.41, 5.74) is 2.92. The largest absolute Gasteiger partial charge is 0.497 e. The van der Waals surface area contributed by atoms with Crippen LogP contribution >= 0.6 is 11.6 Å². The number of rotatable bonds is 2. The van der Waals surface area contributed by atoms with Crippen LogP contribution in [-0.4, -0.2) is 7.11 Å². The summed E-state index contributed by atoms with van der Waals surface area (Å²) >= 11 is 6.01. The van der Waals surface area contributed by atoms with Gasteiger partial charge in [0.1, 0.15) is 11.7 Å². The molecule has 26 heavy (non-hydrogen) atoms. The molecule has 0 aliphatic heterocycles. The summed E-state index contributed by atoms with van der Waals surface area (Å²) < 4.78 is 5.18. The smallest absolute Gasteiger partial charge is 0.118 e. The van der Waals surface area contributed by atoms with Crippen LogP contribution < -0.4 is 4.74 Å². The fraction of sp³-hybridized carbons (Fsp3) is 0.0833. The average molecular weight is 357 g/mol. The molecule has 0 bridgehead atoms. The quantitative estimate of drug-likeness (QED) is 0.548. The van der Waals surface area contributed by atoms with Crippen LogP contribution in [0, 0.1) is 23.7 Å². The first-order chi connectivity index (χ1) is 12.7. The molecule has 3 rings (SSSR count). The Morgan fingerprint density at radius 2 is 1.31 bits per heavy atom. The zero-order valence-corrected chi connectivity index (χ0v) is 15.1. The van der Waals surface area contributed by atoms with Crippen molar-refractivity contribution < 1.29 is 4.74 Å². The first kappa shape index (κ1) is 17.7.